The standard InChI is InChI=1S/C12H18ClN3O/c1-7-10(13)14-6-15-11(7)16-8-5-9(17-4)12(8,2)3/h6,8-9H,5H2,1-4H3,(H,14,15,16). The number of aromatic nitrogens is 2. The number of methoxy groups -OCH3 is 1. The number of anilines is 1. The summed E-state index contributed by atoms with van der Waals surface area (Å²) in [6.07, 6.45) is 2.78. The van der Waals surface area contributed by atoms with Crippen LogP contribution in [0.2, 0.25) is 5.15 Å². The van der Waals surface area contributed by atoms with E-state index in [-0.39, 0.29) is 5.41 Å². The van der Waals surface area contributed by atoms with Gasteiger partial charge >= 0.3 is 0 Å². The molecule has 1 aliphatic rings. The van der Waals surface area contributed by atoms with Crippen molar-refractivity contribution in [3.63, 3.8) is 0 Å². The summed E-state index contributed by atoms with van der Waals surface area (Å²) in [4.78, 5) is 8.18. The molecule has 0 aliphatic heterocycles. The van der Waals surface area contributed by atoms with Gasteiger partial charge in [0.25, 0.3) is 0 Å². The molecule has 4 nitrogen and oxygen atoms in total. The van der Waals surface area contributed by atoms with Crippen LogP contribution < -0.4 is 5.32 Å². The van der Waals surface area contributed by atoms with Crippen molar-refractivity contribution in [2.75, 3.05) is 12.4 Å². The van der Waals surface area contributed by atoms with Crippen LogP contribution in [0.4, 0.5) is 5.82 Å². The molecule has 0 bridgehead atoms. The molecular formula is C12H18ClN3O. The normalized spacial score (nSPS) is 26.4. The van der Waals surface area contributed by atoms with E-state index in [4.69, 9.17) is 16.3 Å². The lowest BCUT2D eigenvalue weighted by molar-refractivity contribution is -0.0795. The first-order chi connectivity index (χ1) is 7.96. The van der Waals surface area contributed by atoms with Crippen molar-refractivity contribution in [1.29, 1.82) is 0 Å². The SMILES string of the molecule is COC1CC(Nc2ncnc(Cl)c2C)C1(C)C. The Balaban J connectivity index is 2.11. The van der Waals surface area contributed by atoms with Gasteiger partial charge in [-0.1, -0.05) is 25.4 Å². The molecule has 2 atom stereocenters. The Bertz CT molecular complexity index is 422. The minimum Gasteiger partial charge on any atom is -0.381 e. The smallest absolute Gasteiger partial charge is 0.137 e. The van der Waals surface area contributed by atoms with Crippen LogP contribution in [0.3, 0.4) is 0 Å². The molecule has 2 rings (SSSR count). The molecule has 1 aromatic heterocycles. The number of rotatable bonds is 3. The van der Waals surface area contributed by atoms with E-state index in [9.17, 15) is 0 Å². The Labute approximate surface area is 107 Å². The zero-order chi connectivity index (χ0) is 12.6. The highest BCUT2D eigenvalue weighted by molar-refractivity contribution is 6.30. The average molecular weight is 256 g/mol. The van der Waals surface area contributed by atoms with Crippen molar-refractivity contribution >= 4 is 17.4 Å². The van der Waals surface area contributed by atoms with Gasteiger partial charge in [-0.3, -0.25) is 0 Å². The van der Waals surface area contributed by atoms with Crippen molar-refractivity contribution in [2.24, 2.45) is 5.41 Å². The third-order valence-electron chi connectivity index (χ3n) is 3.80. The van der Waals surface area contributed by atoms with Crippen LogP contribution in [0.5, 0.6) is 0 Å². The molecule has 1 aliphatic carbocycles. The summed E-state index contributed by atoms with van der Waals surface area (Å²) in [6, 6.07) is 0.358. The van der Waals surface area contributed by atoms with Gasteiger partial charge in [0, 0.05) is 24.1 Å². The van der Waals surface area contributed by atoms with Crippen molar-refractivity contribution in [3.8, 4) is 0 Å². The first-order valence-electron chi connectivity index (χ1n) is 5.73. The predicted octanol–water partition coefficient (Wildman–Crippen LogP) is 2.66. The predicted molar refractivity (Wildman–Crippen MR) is 68.4 cm³/mol. The summed E-state index contributed by atoms with van der Waals surface area (Å²) in [6.45, 7) is 6.31. The van der Waals surface area contributed by atoms with Crippen LogP contribution in [0.1, 0.15) is 25.8 Å². The van der Waals surface area contributed by atoms with E-state index in [2.05, 4.69) is 29.1 Å². The molecule has 2 unspecified atom stereocenters. The second-order valence-electron chi connectivity index (χ2n) is 5.12. The molecule has 1 N–H and O–H groups in total. The molecule has 1 saturated carbocycles. The third-order valence-corrected chi connectivity index (χ3v) is 4.18. The molecule has 1 fully saturated rings. The lowest BCUT2D eigenvalue weighted by Crippen LogP contribution is -2.57. The van der Waals surface area contributed by atoms with E-state index in [1.165, 1.54) is 6.33 Å². The van der Waals surface area contributed by atoms with Gasteiger partial charge in [0.1, 0.15) is 17.3 Å². The van der Waals surface area contributed by atoms with E-state index in [0.29, 0.717) is 17.3 Å². The van der Waals surface area contributed by atoms with Crippen LogP contribution in [0, 0.1) is 12.3 Å². The quantitative estimate of drug-likeness (QED) is 0.844. The molecule has 1 aromatic rings. The van der Waals surface area contributed by atoms with Crippen molar-refractivity contribution < 1.29 is 4.74 Å². The van der Waals surface area contributed by atoms with E-state index >= 15 is 0 Å². The topological polar surface area (TPSA) is 47.0 Å². The highest BCUT2D eigenvalue weighted by atomic mass is 35.5. The first kappa shape index (κ1) is 12.6. The zero-order valence-corrected chi connectivity index (χ0v) is 11.4. The summed E-state index contributed by atoms with van der Waals surface area (Å²) in [5.74, 6) is 0.817. The maximum Gasteiger partial charge on any atom is 0.137 e. The second-order valence-corrected chi connectivity index (χ2v) is 5.47. The Morgan fingerprint density at radius 3 is 2.76 bits per heavy atom. The van der Waals surface area contributed by atoms with Crippen LogP contribution in [-0.4, -0.2) is 29.2 Å². The van der Waals surface area contributed by atoms with Gasteiger partial charge in [0.05, 0.1) is 6.10 Å². The van der Waals surface area contributed by atoms with Gasteiger partial charge in [-0.2, -0.15) is 0 Å². The lowest BCUT2D eigenvalue weighted by Gasteiger charge is -2.51. The Kier molecular flexibility index (Phi) is 3.27. The fourth-order valence-electron chi connectivity index (χ4n) is 2.27. The van der Waals surface area contributed by atoms with Gasteiger partial charge < -0.3 is 10.1 Å². The number of ether oxygens (including phenoxy) is 1. The minimum atomic E-state index is 0.110. The largest absolute Gasteiger partial charge is 0.381 e. The molecule has 94 valence electrons. The Morgan fingerprint density at radius 2 is 2.18 bits per heavy atom. The lowest BCUT2D eigenvalue weighted by atomic mass is 9.64. The summed E-state index contributed by atoms with van der Waals surface area (Å²) >= 11 is 5.97. The summed E-state index contributed by atoms with van der Waals surface area (Å²) in [5, 5.41) is 3.93. The van der Waals surface area contributed by atoms with Gasteiger partial charge in [-0.05, 0) is 13.3 Å². The van der Waals surface area contributed by atoms with Gasteiger partial charge in [-0.25, -0.2) is 9.97 Å². The highest BCUT2D eigenvalue weighted by Gasteiger charge is 2.48. The molecule has 17 heavy (non-hydrogen) atoms. The molecule has 0 amide bonds. The molecule has 1 heterocycles. The molecule has 0 aromatic carbocycles. The van der Waals surface area contributed by atoms with E-state index in [1.54, 1.807) is 7.11 Å². The van der Waals surface area contributed by atoms with Gasteiger partial charge in [0.2, 0.25) is 0 Å². The fourth-order valence-corrected chi connectivity index (χ4v) is 2.40. The fraction of sp³-hybridized carbons (Fsp3) is 0.667. The van der Waals surface area contributed by atoms with Crippen LogP contribution >= 0.6 is 11.6 Å². The molecular weight excluding hydrogens is 238 g/mol. The number of nitrogens with zero attached hydrogens (tertiary/aromatic N) is 2. The van der Waals surface area contributed by atoms with Crippen molar-refractivity contribution in [3.05, 3.63) is 17.0 Å². The monoisotopic (exact) mass is 255 g/mol. The van der Waals surface area contributed by atoms with E-state index in [1.807, 2.05) is 6.92 Å². The van der Waals surface area contributed by atoms with Crippen molar-refractivity contribution in [2.45, 2.75) is 39.3 Å². The zero-order valence-electron chi connectivity index (χ0n) is 10.6. The maximum atomic E-state index is 5.97. The summed E-state index contributed by atoms with van der Waals surface area (Å²) < 4.78 is 5.42. The van der Waals surface area contributed by atoms with Crippen LogP contribution in [-0.2, 0) is 4.74 Å². The summed E-state index contributed by atoms with van der Waals surface area (Å²) in [7, 11) is 1.76. The first-order valence-corrected chi connectivity index (χ1v) is 6.11. The van der Waals surface area contributed by atoms with E-state index < -0.39 is 0 Å². The highest BCUT2D eigenvalue weighted by Crippen LogP contribution is 2.44. The second kappa shape index (κ2) is 4.42. The molecule has 0 saturated heterocycles. The molecule has 0 radical (unpaired) electrons. The third kappa shape index (κ3) is 2.11. The Morgan fingerprint density at radius 1 is 1.47 bits per heavy atom. The number of hydrogen-bond acceptors (Lipinski definition) is 4. The number of nitrogens with one attached hydrogen (secondary N) is 1. The Hall–Kier alpha value is -0.870. The molecule has 5 heteroatoms. The van der Waals surface area contributed by atoms with Gasteiger partial charge in [-0.15, -0.1) is 0 Å². The van der Waals surface area contributed by atoms with Crippen LogP contribution in [0.15, 0.2) is 6.33 Å². The van der Waals surface area contributed by atoms with Crippen LogP contribution in [0.25, 0.3) is 0 Å². The minimum absolute atomic E-state index is 0.110. The van der Waals surface area contributed by atoms with Gasteiger partial charge in [0.15, 0.2) is 0 Å². The van der Waals surface area contributed by atoms with E-state index in [0.717, 1.165) is 17.8 Å². The molecule has 0 spiro atoms. The number of hydrogen-bond donors (Lipinski definition) is 1. The maximum absolute atomic E-state index is 5.97. The average Bonchev–Trinajstić information content (AvgIpc) is 2.29. The number of halogens is 1. The van der Waals surface area contributed by atoms with Crippen molar-refractivity contribution in [1.82, 2.24) is 9.97 Å². The summed E-state index contributed by atoms with van der Waals surface area (Å²) in [5.41, 5.74) is 1.00.